The molecule has 0 unspecified atom stereocenters. The summed E-state index contributed by atoms with van der Waals surface area (Å²) < 4.78 is 18.6. The van der Waals surface area contributed by atoms with Crippen molar-refractivity contribution >= 4 is 5.91 Å². The molecule has 1 aliphatic rings. The maximum Gasteiger partial charge on any atom is 0.227 e. The molecule has 120 valence electrons. The van der Waals surface area contributed by atoms with E-state index in [4.69, 9.17) is 4.74 Å². The third kappa shape index (κ3) is 3.52. The lowest BCUT2D eigenvalue weighted by molar-refractivity contribution is -0.131. The van der Waals surface area contributed by atoms with Crippen LogP contribution in [0.1, 0.15) is 30.0 Å². The fourth-order valence-electron chi connectivity index (χ4n) is 3.15. The highest BCUT2D eigenvalue weighted by molar-refractivity contribution is 5.79. The van der Waals surface area contributed by atoms with Crippen LogP contribution in [-0.4, -0.2) is 24.5 Å². The second-order valence-electron chi connectivity index (χ2n) is 5.83. The van der Waals surface area contributed by atoms with Crippen molar-refractivity contribution in [1.29, 1.82) is 0 Å². The van der Waals surface area contributed by atoms with Gasteiger partial charge in [-0.15, -0.1) is 0 Å². The van der Waals surface area contributed by atoms with Gasteiger partial charge >= 0.3 is 0 Å². The molecule has 4 heteroatoms. The van der Waals surface area contributed by atoms with Gasteiger partial charge in [0, 0.05) is 6.54 Å². The Labute approximate surface area is 135 Å². The highest BCUT2D eigenvalue weighted by Gasteiger charge is 2.29. The first-order chi connectivity index (χ1) is 11.2. The Morgan fingerprint density at radius 1 is 1.26 bits per heavy atom. The normalized spacial score (nSPS) is 17.3. The summed E-state index contributed by atoms with van der Waals surface area (Å²) in [4.78, 5) is 14.5. The summed E-state index contributed by atoms with van der Waals surface area (Å²) in [5.74, 6) is 0.610. The smallest absolute Gasteiger partial charge is 0.227 e. The molecular weight excluding hydrogens is 293 g/mol. The minimum Gasteiger partial charge on any atom is -0.497 e. The van der Waals surface area contributed by atoms with Crippen molar-refractivity contribution in [2.45, 2.75) is 25.3 Å². The summed E-state index contributed by atoms with van der Waals surface area (Å²) in [7, 11) is 1.62. The summed E-state index contributed by atoms with van der Waals surface area (Å²) in [6, 6.07) is 14.1. The molecular formula is C19H20FNO2. The maximum absolute atomic E-state index is 13.5. The molecule has 0 radical (unpaired) electrons. The van der Waals surface area contributed by atoms with Crippen molar-refractivity contribution in [1.82, 2.24) is 4.90 Å². The molecule has 0 N–H and O–H groups in total. The molecule has 1 heterocycles. The number of nitrogens with zero attached hydrogens (tertiary/aromatic N) is 1. The number of ether oxygens (including phenoxy) is 1. The van der Waals surface area contributed by atoms with Crippen LogP contribution in [0, 0.1) is 5.82 Å². The Morgan fingerprint density at radius 3 is 2.74 bits per heavy atom. The van der Waals surface area contributed by atoms with Crippen LogP contribution in [0.2, 0.25) is 0 Å². The van der Waals surface area contributed by atoms with Crippen LogP contribution in [0.4, 0.5) is 4.39 Å². The second kappa shape index (κ2) is 6.82. The quantitative estimate of drug-likeness (QED) is 0.860. The van der Waals surface area contributed by atoms with Crippen molar-refractivity contribution in [3.63, 3.8) is 0 Å². The van der Waals surface area contributed by atoms with E-state index in [0.717, 1.165) is 36.3 Å². The third-order valence-electron chi connectivity index (χ3n) is 4.32. The number of amides is 1. The molecule has 1 amide bonds. The maximum atomic E-state index is 13.5. The van der Waals surface area contributed by atoms with E-state index >= 15 is 0 Å². The van der Waals surface area contributed by atoms with Gasteiger partial charge in [0.05, 0.1) is 19.6 Å². The lowest BCUT2D eigenvalue weighted by Gasteiger charge is -2.25. The predicted octanol–water partition coefficient (Wildman–Crippen LogP) is 3.74. The van der Waals surface area contributed by atoms with Gasteiger partial charge < -0.3 is 9.64 Å². The Balaban J connectivity index is 1.72. The SMILES string of the molecule is COc1ccc(CC(=O)N2CCC[C@@H]2c2cccc(F)c2)cc1. The van der Waals surface area contributed by atoms with Crippen molar-refractivity contribution in [2.24, 2.45) is 0 Å². The molecule has 0 bridgehead atoms. The number of methoxy groups -OCH3 is 1. The standard InChI is InChI=1S/C19H20FNO2/c1-23-17-9-7-14(8-10-17)12-19(22)21-11-3-6-18(21)15-4-2-5-16(20)13-15/h2,4-5,7-10,13,18H,3,6,11-12H2,1H3/t18-/m1/s1. The molecule has 23 heavy (non-hydrogen) atoms. The fraction of sp³-hybridized carbons (Fsp3) is 0.316. The van der Waals surface area contributed by atoms with Crippen LogP contribution in [0.25, 0.3) is 0 Å². The van der Waals surface area contributed by atoms with E-state index in [2.05, 4.69) is 0 Å². The fourth-order valence-corrected chi connectivity index (χ4v) is 3.15. The predicted molar refractivity (Wildman–Crippen MR) is 86.8 cm³/mol. The van der Waals surface area contributed by atoms with Crippen molar-refractivity contribution < 1.29 is 13.9 Å². The highest BCUT2D eigenvalue weighted by Crippen LogP contribution is 2.32. The van der Waals surface area contributed by atoms with Crippen LogP contribution >= 0.6 is 0 Å². The number of likely N-dealkylation sites (tertiary alicyclic amines) is 1. The van der Waals surface area contributed by atoms with E-state index in [0.29, 0.717) is 6.42 Å². The molecule has 0 saturated carbocycles. The monoisotopic (exact) mass is 313 g/mol. The molecule has 0 spiro atoms. The van der Waals surface area contributed by atoms with Gasteiger partial charge in [0.15, 0.2) is 0 Å². The van der Waals surface area contributed by atoms with Gasteiger partial charge in [0.1, 0.15) is 11.6 Å². The van der Waals surface area contributed by atoms with Gasteiger partial charge in [-0.2, -0.15) is 0 Å². The molecule has 1 atom stereocenters. The topological polar surface area (TPSA) is 29.5 Å². The van der Waals surface area contributed by atoms with E-state index in [-0.39, 0.29) is 17.8 Å². The molecule has 0 aromatic heterocycles. The van der Waals surface area contributed by atoms with Gasteiger partial charge in [0.25, 0.3) is 0 Å². The van der Waals surface area contributed by atoms with Crippen LogP contribution < -0.4 is 4.74 Å². The first kappa shape index (κ1) is 15.5. The van der Waals surface area contributed by atoms with E-state index in [1.807, 2.05) is 35.2 Å². The molecule has 1 fully saturated rings. The zero-order chi connectivity index (χ0) is 16.2. The van der Waals surface area contributed by atoms with Crippen LogP contribution in [-0.2, 0) is 11.2 Å². The molecule has 3 nitrogen and oxygen atoms in total. The molecule has 2 aromatic rings. The molecule has 2 aromatic carbocycles. The summed E-state index contributed by atoms with van der Waals surface area (Å²) in [6.07, 6.45) is 2.20. The van der Waals surface area contributed by atoms with Gasteiger partial charge in [-0.05, 0) is 48.2 Å². The van der Waals surface area contributed by atoms with Gasteiger partial charge in [-0.25, -0.2) is 4.39 Å². The van der Waals surface area contributed by atoms with Crippen molar-refractivity contribution in [2.75, 3.05) is 13.7 Å². The number of rotatable bonds is 4. The van der Waals surface area contributed by atoms with Crippen LogP contribution in [0.5, 0.6) is 5.75 Å². The zero-order valence-corrected chi connectivity index (χ0v) is 13.2. The van der Waals surface area contributed by atoms with Gasteiger partial charge in [0.2, 0.25) is 5.91 Å². The van der Waals surface area contributed by atoms with Crippen molar-refractivity contribution in [3.05, 3.63) is 65.5 Å². The van der Waals surface area contributed by atoms with E-state index in [9.17, 15) is 9.18 Å². The minimum atomic E-state index is -0.253. The molecule has 1 aliphatic heterocycles. The third-order valence-corrected chi connectivity index (χ3v) is 4.32. The number of benzene rings is 2. The molecule has 1 saturated heterocycles. The first-order valence-corrected chi connectivity index (χ1v) is 7.85. The zero-order valence-electron chi connectivity index (χ0n) is 13.2. The molecule has 3 rings (SSSR count). The second-order valence-corrected chi connectivity index (χ2v) is 5.83. The Bertz CT molecular complexity index is 684. The van der Waals surface area contributed by atoms with E-state index in [1.54, 1.807) is 13.2 Å². The number of carbonyl (C=O) groups excluding carboxylic acids is 1. The highest BCUT2D eigenvalue weighted by atomic mass is 19.1. The summed E-state index contributed by atoms with van der Waals surface area (Å²) >= 11 is 0. The Morgan fingerprint density at radius 2 is 2.04 bits per heavy atom. The van der Waals surface area contributed by atoms with E-state index < -0.39 is 0 Å². The van der Waals surface area contributed by atoms with Crippen LogP contribution in [0.3, 0.4) is 0 Å². The minimum absolute atomic E-state index is 0.0172. The summed E-state index contributed by atoms with van der Waals surface area (Å²) in [6.45, 7) is 0.732. The largest absolute Gasteiger partial charge is 0.497 e. The molecule has 0 aliphatic carbocycles. The first-order valence-electron chi connectivity index (χ1n) is 7.85. The van der Waals surface area contributed by atoms with Crippen LogP contribution in [0.15, 0.2) is 48.5 Å². The number of carbonyl (C=O) groups is 1. The number of halogens is 1. The summed E-state index contributed by atoms with van der Waals surface area (Å²) in [5, 5.41) is 0. The van der Waals surface area contributed by atoms with Gasteiger partial charge in [-0.1, -0.05) is 24.3 Å². The van der Waals surface area contributed by atoms with Gasteiger partial charge in [-0.3, -0.25) is 4.79 Å². The lowest BCUT2D eigenvalue weighted by Crippen LogP contribution is -2.31. The average molecular weight is 313 g/mol. The Kier molecular flexibility index (Phi) is 4.60. The average Bonchev–Trinajstić information content (AvgIpc) is 3.05. The number of hydrogen-bond acceptors (Lipinski definition) is 2. The van der Waals surface area contributed by atoms with E-state index in [1.165, 1.54) is 12.1 Å². The lowest BCUT2D eigenvalue weighted by atomic mass is 10.0. The van der Waals surface area contributed by atoms with Crippen molar-refractivity contribution in [3.8, 4) is 5.75 Å². The Hall–Kier alpha value is -2.36. The summed E-state index contributed by atoms with van der Waals surface area (Å²) in [5.41, 5.74) is 1.84. The number of hydrogen-bond donors (Lipinski definition) is 0.